The lowest BCUT2D eigenvalue weighted by Crippen LogP contribution is -2.53. The maximum atomic E-state index is 13.0. The van der Waals surface area contributed by atoms with E-state index in [2.05, 4.69) is 5.32 Å². The number of nitrogens with zero attached hydrogens (tertiary/aromatic N) is 1. The van der Waals surface area contributed by atoms with E-state index in [4.69, 9.17) is 4.74 Å². The Morgan fingerprint density at radius 2 is 1.92 bits per heavy atom. The van der Waals surface area contributed by atoms with Gasteiger partial charge in [-0.2, -0.15) is 0 Å². The normalized spacial score (nSPS) is 20.6. The van der Waals surface area contributed by atoms with Crippen molar-refractivity contribution in [2.24, 2.45) is 0 Å². The monoisotopic (exact) mass is 360 g/mol. The number of ether oxygens (including phenoxy) is 1. The van der Waals surface area contributed by atoms with Crippen LogP contribution in [0.3, 0.4) is 0 Å². The Hall–Kier alpha value is -3.00. The van der Waals surface area contributed by atoms with Crippen LogP contribution in [0.5, 0.6) is 5.75 Å². The quantitative estimate of drug-likeness (QED) is 0.647. The van der Waals surface area contributed by atoms with Crippen LogP contribution in [0.4, 0.5) is 10.1 Å². The summed E-state index contributed by atoms with van der Waals surface area (Å²) in [6.07, 6.45) is -1.15. The fraction of sp³-hybridized carbons (Fsp3) is 0.278. The summed E-state index contributed by atoms with van der Waals surface area (Å²) in [6.45, 7) is 3.30. The summed E-state index contributed by atoms with van der Waals surface area (Å²) in [5.74, 6) is -0.672. The average molecular weight is 360 g/mol. The second-order valence-corrected chi connectivity index (χ2v) is 6.59. The lowest BCUT2D eigenvalue weighted by molar-refractivity contribution is -0.385. The summed E-state index contributed by atoms with van der Waals surface area (Å²) in [5, 5.41) is 24.4. The smallest absolute Gasteiger partial charge is 0.270 e. The molecule has 8 heteroatoms. The number of nitro groups is 1. The molecular weight excluding hydrogens is 343 g/mol. The van der Waals surface area contributed by atoms with Crippen LogP contribution in [0.2, 0.25) is 0 Å². The molecule has 1 heterocycles. The molecule has 0 saturated carbocycles. The van der Waals surface area contributed by atoms with Gasteiger partial charge in [0.2, 0.25) is 0 Å². The lowest BCUT2D eigenvalue weighted by atomic mass is 9.86. The van der Waals surface area contributed by atoms with Crippen molar-refractivity contribution in [1.29, 1.82) is 0 Å². The maximum absolute atomic E-state index is 13.0. The minimum atomic E-state index is -1.15. The summed E-state index contributed by atoms with van der Waals surface area (Å²) < 4.78 is 18.8. The number of halogens is 1. The molecule has 0 bridgehead atoms. The van der Waals surface area contributed by atoms with Gasteiger partial charge in [-0.15, -0.1) is 0 Å². The maximum Gasteiger partial charge on any atom is 0.270 e. The number of rotatable bonds is 3. The Morgan fingerprint density at radius 3 is 2.54 bits per heavy atom. The molecule has 2 N–H and O–H groups in total. The molecule has 26 heavy (non-hydrogen) atoms. The third kappa shape index (κ3) is 3.23. The van der Waals surface area contributed by atoms with Gasteiger partial charge in [-0.1, -0.05) is 0 Å². The molecule has 1 aliphatic heterocycles. The van der Waals surface area contributed by atoms with E-state index in [0.717, 1.165) is 12.1 Å². The molecule has 0 fully saturated rings. The van der Waals surface area contributed by atoms with Crippen molar-refractivity contribution in [3.05, 3.63) is 69.5 Å². The molecular formula is C18H17FN2O5. The van der Waals surface area contributed by atoms with Crippen molar-refractivity contribution in [1.82, 2.24) is 5.32 Å². The Labute approximate surface area is 148 Å². The molecule has 0 unspecified atom stereocenters. The van der Waals surface area contributed by atoms with Gasteiger partial charge in [-0.3, -0.25) is 14.9 Å². The molecule has 0 spiro atoms. The van der Waals surface area contributed by atoms with Gasteiger partial charge in [0.05, 0.1) is 11.0 Å². The molecule has 0 aliphatic carbocycles. The van der Waals surface area contributed by atoms with Crippen LogP contribution in [0.15, 0.2) is 42.5 Å². The number of aliphatic hydroxyl groups excluding tert-OH is 1. The van der Waals surface area contributed by atoms with Gasteiger partial charge in [-0.25, -0.2) is 4.39 Å². The van der Waals surface area contributed by atoms with E-state index in [1.54, 1.807) is 13.8 Å². The third-order valence-corrected chi connectivity index (χ3v) is 4.33. The number of nitrogens with one attached hydrogen (secondary N) is 1. The van der Waals surface area contributed by atoms with Crippen molar-refractivity contribution >= 4 is 11.6 Å². The number of nitro benzene ring substituents is 1. The number of amides is 1. The first-order valence-electron chi connectivity index (χ1n) is 7.91. The number of carbonyl (C=O) groups excluding carboxylic acids is 1. The molecule has 1 aliphatic rings. The van der Waals surface area contributed by atoms with Gasteiger partial charge >= 0.3 is 0 Å². The summed E-state index contributed by atoms with van der Waals surface area (Å²) in [6, 6.07) is 8.01. The summed E-state index contributed by atoms with van der Waals surface area (Å²) in [5.41, 5.74) is -0.694. The van der Waals surface area contributed by atoms with E-state index < -0.39 is 34.4 Å². The predicted octanol–water partition coefficient (Wildman–Crippen LogP) is 2.74. The van der Waals surface area contributed by atoms with Crippen molar-refractivity contribution < 1.29 is 24.0 Å². The molecule has 2 atom stereocenters. The zero-order valence-corrected chi connectivity index (χ0v) is 14.1. The number of hydrogen-bond donors (Lipinski definition) is 2. The van der Waals surface area contributed by atoms with E-state index in [9.17, 15) is 24.4 Å². The third-order valence-electron chi connectivity index (χ3n) is 4.33. The number of benzene rings is 2. The number of fused-ring (bicyclic) bond motifs is 1. The number of carbonyl (C=O) groups is 1. The fourth-order valence-electron chi connectivity index (χ4n) is 2.88. The lowest BCUT2D eigenvalue weighted by Gasteiger charge is -2.42. The largest absolute Gasteiger partial charge is 0.485 e. The van der Waals surface area contributed by atoms with Crippen LogP contribution < -0.4 is 10.1 Å². The highest BCUT2D eigenvalue weighted by atomic mass is 19.1. The Morgan fingerprint density at radius 1 is 1.27 bits per heavy atom. The Bertz CT molecular complexity index is 866. The first-order chi connectivity index (χ1) is 12.2. The molecule has 1 amide bonds. The highest BCUT2D eigenvalue weighted by Crippen LogP contribution is 2.41. The van der Waals surface area contributed by atoms with Gasteiger partial charge < -0.3 is 15.2 Å². The van der Waals surface area contributed by atoms with Gasteiger partial charge in [0.15, 0.2) is 0 Å². The second kappa shape index (κ2) is 6.38. The molecule has 7 nitrogen and oxygen atoms in total. The number of aliphatic hydroxyl groups is 1. The molecule has 0 aromatic heterocycles. The number of hydrogen-bond acceptors (Lipinski definition) is 5. The summed E-state index contributed by atoms with van der Waals surface area (Å²) in [7, 11) is 0. The zero-order chi connectivity index (χ0) is 19.1. The van der Waals surface area contributed by atoms with Crippen LogP contribution in [-0.2, 0) is 0 Å². The van der Waals surface area contributed by atoms with E-state index in [-0.39, 0.29) is 11.3 Å². The van der Waals surface area contributed by atoms with Crippen molar-refractivity contribution in [2.75, 3.05) is 0 Å². The molecule has 0 radical (unpaired) electrons. The van der Waals surface area contributed by atoms with Crippen molar-refractivity contribution in [2.45, 2.75) is 31.6 Å². The first kappa shape index (κ1) is 17.8. The van der Waals surface area contributed by atoms with Crippen molar-refractivity contribution in [3.63, 3.8) is 0 Å². The Balaban J connectivity index is 1.99. The standard InChI is InChI=1S/C18H17FN2O5/c1-18(2)16(22)15(20-17(23)10-3-5-11(19)6-4-10)13-9-12(21(24)25)7-8-14(13)26-18/h3-9,15-16,22H,1-2H3,(H,20,23)/t15-,16-/m0/s1. The van der Waals surface area contributed by atoms with E-state index in [1.807, 2.05) is 0 Å². The van der Waals surface area contributed by atoms with Gasteiger partial charge in [0, 0.05) is 23.3 Å². The summed E-state index contributed by atoms with van der Waals surface area (Å²) in [4.78, 5) is 23.0. The highest BCUT2D eigenvalue weighted by molar-refractivity contribution is 5.94. The second-order valence-electron chi connectivity index (χ2n) is 6.59. The SMILES string of the molecule is CC1(C)Oc2ccc([N+](=O)[O-])cc2[C@H](NC(=O)c2ccc(F)cc2)[C@@H]1O. The van der Waals surface area contributed by atoms with Crippen molar-refractivity contribution in [3.8, 4) is 5.75 Å². The molecule has 2 aromatic rings. The summed E-state index contributed by atoms with van der Waals surface area (Å²) >= 11 is 0. The average Bonchev–Trinajstić information content (AvgIpc) is 2.58. The molecule has 3 rings (SSSR count). The van der Waals surface area contributed by atoms with Crippen LogP contribution in [0.25, 0.3) is 0 Å². The highest BCUT2D eigenvalue weighted by Gasteiger charge is 2.44. The van der Waals surface area contributed by atoms with Gasteiger partial charge in [0.1, 0.15) is 23.3 Å². The van der Waals surface area contributed by atoms with E-state index in [1.165, 1.54) is 30.3 Å². The van der Waals surface area contributed by atoms with Crippen LogP contribution in [-0.4, -0.2) is 27.6 Å². The van der Waals surface area contributed by atoms with Gasteiger partial charge in [0.25, 0.3) is 11.6 Å². The van der Waals surface area contributed by atoms with Crippen LogP contribution >= 0.6 is 0 Å². The zero-order valence-electron chi connectivity index (χ0n) is 14.1. The minimum Gasteiger partial charge on any atom is -0.485 e. The molecule has 0 saturated heterocycles. The number of non-ortho nitro benzene ring substituents is 1. The first-order valence-corrected chi connectivity index (χ1v) is 7.91. The van der Waals surface area contributed by atoms with Gasteiger partial charge in [-0.05, 0) is 44.2 Å². The topological polar surface area (TPSA) is 102 Å². The van der Waals surface area contributed by atoms with E-state index >= 15 is 0 Å². The van der Waals surface area contributed by atoms with Crippen LogP contribution in [0.1, 0.15) is 35.8 Å². The predicted molar refractivity (Wildman–Crippen MR) is 90.4 cm³/mol. The fourth-order valence-corrected chi connectivity index (χ4v) is 2.88. The van der Waals surface area contributed by atoms with E-state index in [0.29, 0.717) is 11.3 Å². The molecule has 136 valence electrons. The Kier molecular flexibility index (Phi) is 4.37. The minimum absolute atomic E-state index is 0.180. The molecule has 2 aromatic carbocycles. The van der Waals surface area contributed by atoms with Crippen LogP contribution in [0, 0.1) is 15.9 Å².